The van der Waals surface area contributed by atoms with Gasteiger partial charge in [-0.3, -0.25) is 0 Å². The molecule has 7 heteroatoms. The second kappa shape index (κ2) is 9.73. The number of ether oxygens (including phenoxy) is 3. The van der Waals surface area contributed by atoms with Crippen LogP contribution in [0.15, 0.2) is 48.5 Å². The monoisotopic (exact) mass is 385 g/mol. The van der Waals surface area contributed by atoms with E-state index in [1.54, 1.807) is 12.0 Å². The lowest BCUT2D eigenvalue weighted by atomic mass is 10.2. The number of para-hydroxylation sites is 2. The molecule has 1 aliphatic rings. The molecule has 150 valence electrons. The molecule has 0 aromatic heterocycles. The van der Waals surface area contributed by atoms with Crippen molar-refractivity contribution in [1.29, 1.82) is 0 Å². The molecule has 0 bridgehead atoms. The van der Waals surface area contributed by atoms with E-state index in [0.717, 1.165) is 30.3 Å². The van der Waals surface area contributed by atoms with Gasteiger partial charge in [0.15, 0.2) is 6.73 Å². The Balaban J connectivity index is 1.42. The SMILES string of the molecule is CCOc1ccc(OCNC(=O)N2CCN(c3ccccc3OC)CC2)cc1. The first-order valence-electron chi connectivity index (χ1n) is 9.47. The van der Waals surface area contributed by atoms with Gasteiger partial charge in [-0.2, -0.15) is 0 Å². The molecule has 1 heterocycles. The summed E-state index contributed by atoms with van der Waals surface area (Å²) in [6.45, 7) is 5.50. The fourth-order valence-corrected chi connectivity index (χ4v) is 3.13. The van der Waals surface area contributed by atoms with Gasteiger partial charge in [0.05, 0.1) is 19.4 Å². The number of rotatable bonds is 7. The number of hydrogen-bond donors (Lipinski definition) is 1. The minimum Gasteiger partial charge on any atom is -0.495 e. The number of anilines is 1. The van der Waals surface area contributed by atoms with E-state index in [9.17, 15) is 4.79 Å². The lowest BCUT2D eigenvalue weighted by Gasteiger charge is -2.36. The molecular weight excluding hydrogens is 358 g/mol. The van der Waals surface area contributed by atoms with Crippen LogP contribution < -0.4 is 24.4 Å². The standard InChI is InChI=1S/C21H27N3O4/c1-3-27-17-8-10-18(11-9-17)28-16-22-21(25)24-14-12-23(13-15-24)19-6-4-5-7-20(19)26-2/h4-11H,3,12-16H2,1-2H3,(H,22,25). The van der Waals surface area contributed by atoms with Gasteiger partial charge in [-0.25, -0.2) is 4.79 Å². The third kappa shape index (κ3) is 5.00. The average Bonchev–Trinajstić information content (AvgIpc) is 2.75. The van der Waals surface area contributed by atoms with E-state index >= 15 is 0 Å². The number of benzene rings is 2. The van der Waals surface area contributed by atoms with E-state index in [-0.39, 0.29) is 12.8 Å². The van der Waals surface area contributed by atoms with Gasteiger partial charge in [-0.1, -0.05) is 12.1 Å². The lowest BCUT2D eigenvalue weighted by Crippen LogP contribution is -2.52. The Labute approximate surface area is 165 Å². The van der Waals surface area contributed by atoms with Gasteiger partial charge < -0.3 is 29.3 Å². The Morgan fingerprint density at radius 3 is 2.25 bits per heavy atom. The first-order valence-corrected chi connectivity index (χ1v) is 9.47. The molecule has 0 aliphatic carbocycles. The molecule has 0 saturated carbocycles. The van der Waals surface area contributed by atoms with Crippen molar-refractivity contribution in [3.8, 4) is 17.2 Å². The van der Waals surface area contributed by atoms with Gasteiger partial charge in [-0.15, -0.1) is 0 Å². The van der Waals surface area contributed by atoms with E-state index in [0.29, 0.717) is 25.4 Å². The van der Waals surface area contributed by atoms with Crippen molar-refractivity contribution >= 4 is 11.7 Å². The highest BCUT2D eigenvalue weighted by Crippen LogP contribution is 2.28. The van der Waals surface area contributed by atoms with E-state index in [4.69, 9.17) is 14.2 Å². The zero-order chi connectivity index (χ0) is 19.8. The van der Waals surface area contributed by atoms with E-state index in [1.807, 2.05) is 55.5 Å². The lowest BCUT2D eigenvalue weighted by molar-refractivity contribution is 0.181. The normalized spacial score (nSPS) is 13.8. The topological polar surface area (TPSA) is 63.3 Å². The summed E-state index contributed by atoms with van der Waals surface area (Å²) in [5.74, 6) is 2.33. The predicted octanol–water partition coefficient (Wildman–Crippen LogP) is 2.96. The van der Waals surface area contributed by atoms with Crippen molar-refractivity contribution in [3.63, 3.8) is 0 Å². The van der Waals surface area contributed by atoms with Gasteiger partial charge in [0, 0.05) is 26.2 Å². The Kier molecular flexibility index (Phi) is 6.84. The zero-order valence-electron chi connectivity index (χ0n) is 16.4. The Bertz CT molecular complexity index is 759. The first kappa shape index (κ1) is 19.7. The quantitative estimate of drug-likeness (QED) is 0.743. The summed E-state index contributed by atoms with van der Waals surface area (Å²) in [4.78, 5) is 16.4. The summed E-state index contributed by atoms with van der Waals surface area (Å²) in [6, 6.07) is 15.2. The summed E-state index contributed by atoms with van der Waals surface area (Å²) in [5.41, 5.74) is 1.06. The van der Waals surface area contributed by atoms with E-state index in [1.165, 1.54) is 0 Å². The van der Waals surface area contributed by atoms with Crippen LogP contribution in [0.1, 0.15) is 6.92 Å². The molecule has 7 nitrogen and oxygen atoms in total. The molecule has 1 aliphatic heterocycles. The average molecular weight is 385 g/mol. The van der Waals surface area contributed by atoms with Crippen molar-refractivity contribution in [2.24, 2.45) is 0 Å². The first-order chi connectivity index (χ1) is 13.7. The van der Waals surface area contributed by atoms with Crippen molar-refractivity contribution in [3.05, 3.63) is 48.5 Å². The molecule has 2 aromatic carbocycles. The molecule has 1 fully saturated rings. The zero-order valence-corrected chi connectivity index (χ0v) is 16.4. The molecule has 1 saturated heterocycles. The van der Waals surface area contributed by atoms with Crippen LogP contribution in [-0.2, 0) is 0 Å². The molecule has 0 spiro atoms. The smallest absolute Gasteiger partial charge is 0.320 e. The number of urea groups is 1. The summed E-state index contributed by atoms with van der Waals surface area (Å²) >= 11 is 0. The molecule has 2 aromatic rings. The van der Waals surface area contributed by atoms with Crippen LogP contribution in [0.2, 0.25) is 0 Å². The van der Waals surface area contributed by atoms with Crippen LogP contribution >= 0.6 is 0 Å². The van der Waals surface area contributed by atoms with Crippen molar-refractivity contribution in [1.82, 2.24) is 10.2 Å². The second-order valence-corrected chi connectivity index (χ2v) is 6.32. The maximum Gasteiger partial charge on any atom is 0.320 e. The van der Waals surface area contributed by atoms with Crippen molar-refractivity contribution in [2.45, 2.75) is 6.92 Å². The third-order valence-electron chi connectivity index (χ3n) is 4.59. The van der Waals surface area contributed by atoms with Crippen LogP contribution in [0.25, 0.3) is 0 Å². The van der Waals surface area contributed by atoms with Crippen molar-refractivity contribution < 1.29 is 19.0 Å². The summed E-state index contributed by atoms with van der Waals surface area (Å²) < 4.78 is 16.4. The molecular formula is C21H27N3O4. The van der Waals surface area contributed by atoms with E-state index in [2.05, 4.69) is 10.2 Å². The molecule has 1 N–H and O–H groups in total. The maximum atomic E-state index is 12.4. The Morgan fingerprint density at radius 1 is 0.964 bits per heavy atom. The maximum absolute atomic E-state index is 12.4. The highest BCUT2D eigenvalue weighted by Gasteiger charge is 2.22. The summed E-state index contributed by atoms with van der Waals surface area (Å²) in [7, 11) is 1.67. The molecule has 2 amide bonds. The van der Waals surface area contributed by atoms with Crippen LogP contribution in [-0.4, -0.2) is 57.6 Å². The fraction of sp³-hybridized carbons (Fsp3) is 0.381. The fourth-order valence-electron chi connectivity index (χ4n) is 3.13. The number of nitrogens with zero attached hydrogens (tertiary/aromatic N) is 2. The predicted molar refractivity (Wildman–Crippen MR) is 108 cm³/mol. The van der Waals surface area contributed by atoms with Crippen molar-refractivity contribution in [2.75, 3.05) is 51.5 Å². The van der Waals surface area contributed by atoms with Crippen LogP contribution in [0, 0.1) is 0 Å². The molecule has 0 unspecified atom stereocenters. The number of amides is 2. The minimum absolute atomic E-state index is 0.120. The Morgan fingerprint density at radius 2 is 1.61 bits per heavy atom. The number of hydrogen-bond acceptors (Lipinski definition) is 5. The highest BCUT2D eigenvalue weighted by molar-refractivity contribution is 5.74. The molecule has 0 radical (unpaired) electrons. The molecule has 0 atom stereocenters. The van der Waals surface area contributed by atoms with Crippen LogP contribution in [0.3, 0.4) is 0 Å². The van der Waals surface area contributed by atoms with Gasteiger partial charge in [0.2, 0.25) is 0 Å². The van der Waals surface area contributed by atoms with Gasteiger partial charge in [0.1, 0.15) is 17.2 Å². The van der Waals surface area contributed by atoms with Gasteiger partial charge in [0.25, 0.3) is 0 Å². The summed E-state index contributed by atoms with van der Waals surface area (Å²) in [6.07, 6.45) is 0. The Hall–Kier alpha value is -3.09. The number of carbonyl (C=O) groups excluding carboxylic acids is 1. The second-order valence-electron chi connectivity index (χ2n) is 6.32. The minimum atomic E-state index is -0.120. The number of piperazine rings is 1. The van der Waals surface area contributed by atoms with E-state index < -0.39 is 0 Å². The molecule has 28 heavy (non-hydrogen) atoms. The molecule has 3 rings (SSSR count). The number of carbonyl (C=O) groups is 1. The number of nitrogens with one attached hydrogen (secondary N) is 1. The van der Waals surface area contributed by atoms with Gasteiger partial charge >= 0.3 is 6.03 Å². The number of methoxy groups -OCH3 is 1. The van der Waals surface area contributed by atoms with Crippen LogP contribution in [0.4, 0.5) is 10.5 Å². The van der Waals surface area contributed by atoms with Crippen LogP contribution in [0.5, 0.6) is 17.2 Å². The third-order valence-corrected chi connectivity index (χ3v) is 4.59. The largest absolute Gasteiger partial charge is 0.495 e. The summed E-state index contributed by atoms with van der Waals surface area (Å²) in [5, 5.41) is 2.81. The van der Waals surface area contributed by atoms with Gasteiger partial charge in [-0.05, 0) is 43.3 Å². The highest BCUT2D eigenvalue weighted by atomic mass is 16.5.